The van der Waals surface area contributed by atoms with Crippen molar-refractivity contribution in [2.75, 3.05) is 12.4 Å². The second-order valence-electron chi connectivity index (χ2n) is 6.66. The standard InChI is InChI=1S/C23H18F3N3O/c1-30-16-12-10-15(11-13-16)14-27-21-18-7-3-5-9-20(18)28-22(29-21)17-6-2-4-8-19(17)23(24,25)26/h2-13H,14H2,1H3,(H,27,28,29). The Morgan fingerprint density at radius 1 is 0.867 bits per heavy atom. The van der Waals surface area contributed by atoms with Gasteiger partial charge in [-0.25, -0.2) is 9.97 Å². The van der Waals surface area contributed by atoms with E-state index in [-0.39, 0.29) is 11.4 Å². The van der Waals surface area contributed by atoms with Crippen LogP contribution in [0.2, 0.25) is 0 Å². The summed E-state index contributed by atoms with van der Waals surface area (Å²) in [5.74, 6) is 1.25. The van der Waals surface area contributed by atoms with Crippen LogP contribution in [0, 0.1) is 0 Å². The van der Waals surface area contributed by atoms with Gasteiger partial charge in [-0.2, -0.15) is 13.2 Å². The van der Waals surface area contributed by atoms with Crippen molar-refractivity contribution in [2.24, 2.45) is 0 Å². The fourth-order valence-corrected chi connectivity index (χ4v) is 3.19. The number of fused-ring (bicyclic) bond motifs is 1. The van der Waals surface area contributed by atoms with Gasteiger partial charge in [-0.15, -0.1) is 0 Å². The molecule has 4 nitrogen and oxygen atoms in total. The van der Waals surface area contributed by atoms with Crippen LogP contribution in [0.25, 0.3) is 22.3 Å². The fourth-order valence-electron chi connectivity index (χ4n) is 3.19. The third-order valence-corrected chi connectivity index (χ3v) is 4.70. The molecule has 0 aliphatic rings. The number of rotatable bonds is 5. The molecule has 4 rings (SSSR count). The number of methoxy groups -OCH3 is 1. The highest BCUT2D eigenvalue weighted by Crippen LogP contribution is 2.36. The molecule has 0 aliphatic carbocycles. The molecule has 152 valence electrons. The molecule has 30 heavy (non-hydrogen) atoms. The van der Waals surface area contributed by atoms with Crippen molar-refractivity contribution in [3.05, 3.63) is 83.9 Å². The molecule has 0 bridgehead atoms. The maximum absolute atomic E-state index is 13.5. The van der Waals surface area contributed by atoms with Gasteiger partial charge in [0.2, 0.25) is 0 Å². The van der Waals surface area contributed by atoms with E-state index in [9.17, 15) is 13.2 Å². The van der Waals surface area contributed by atoms with Crippen LogP contribution in [0.1, 0.15) is 11.1 Å². The smallest absolute Gasteiger partial charge is 0.417 e. The van der Waals surface area contributed by atoms with Crippen LogP contribution in [0.5, 0.6) is 5.75 Å². The van der Waals surface area contributed by atoms with E-state index >= 15 is 0 Å². The number of ether oxygens (including phenoxy) is 1. The zero-order valence-electron chi connectivity index (χ0n) is 16.1. The van der Waals surface area contributed by atoms with Gasteiger partial charge in [-0.1, -0.05) is 42.5 Å². The largest absolute Gasteiger partial charge is 0.497 e. The van der Waals surface area contributed by atoms with E-state index in [0.29, 0.717) is 17.9 Å². The molecular weight excluding hydrogens is 391 g/mol. The van der Waals surface area contributed by atoms with Gasteiger partial charge >= 0.3 is 6.18 Å². The zero-order valence-corrected chi connectivity index (χ0v) is 16.1. The molecule has 0 saturated heterocycles. The first-order valence-corrected chi connectivity index (χ1v) is 9.26. The van der Waals surface area contributed by atoms with E-state index in [1.807, 2.05) is 36.4 Å². The van der Waals surface area contributed by atoms with E-state index in [1.165, 1.54) is 12.1 Å². The third-order valence-electron chi connectivity index (χ3n) is 4.70. The van der Waals surface area contributed by atoms with Crippen molar-refractivity contribution in [1.82, 2.24) is 9.97 Å². The van der Waals surface area contributed by atoms with Crippen LogP contribution in [0.3, 0.4) is 0 Å². The average Bonchev–Trinajstić information content (AvgIpc) is 2.77. The van der Waals surface area contributed by atoms with Gasteiger partial charge in [0.05, 0.1) is 18.2 Å². The summed E-state index contributed by atoms with van der Waals surface area (Å²) in [7, 11) is 1.60. The predicted molar refractivity (Wildman–Crippen MR) is 110 cm³/mol. The molecule has 0 atom stereocenters. The number of nitrogens with one attached hydrogen (secondary N) is 1. The molecule has 1 aromatic heterocycles. The number of aromatic nitrogens is 2. The van der Waals surface area contributed by atoms with Crippen molar-refractivity contribution in [2.45, 2.75) is 12.7 Å². The first-order valence-electron chi connectivity index (χ1n) is 9.26. The molecule has 0 amide bonds. The summed E-state index contributed by atoms with van der Waals surface area (Å²) in [6.07, 6.45) is -4.50. The lowest BCUT2D eigenvalue weighted by Gasteiger charge is -2.14. The Kier molecular flexibility index (Phi) is 5.27. The monoisotopic (exact) mass is 409 g/mol. The fraction of sp³-hybridized carbons (Fsp3) is 0.130. The summed E-state index contributed by atoms with van der Waals surface area (Å²) < 4.78 is 45.7. The maximum atomic E-state index is 13.5. The molecule has 0 spiro atoms. The van der Waals surface area contributed by atoms with E-state index in [1.54, 1.807) is 25.3 Å². The highest BCUT2D eigenvalue weighted by Gasteiger charge is 2.34. The van der Waals surface area contributed by atoms with Crippen LogP contribution in [0.4, 0.5) is 19.0 Å². The minimum Gasteiger partial charge on any atom is -0.497 e. The van der Waals surface area contributed by atoms with Gasteiger partial charge in [0, 0.05) is 17.5 Å². The number of hydrogen-bond donors (Lipinski definition) is 1. The lowest BCUT2D eigenvalue weighted by molar-refractivity contribution is -0.137. The summed E-state index contributed by atoms with van der Waals surface area (Å²) in [6, 6.07) is 20.1. The number of para-hydroxylation sites is 1. The van der Waals surface area contributed by atoms with E-state index in [0.717, 1.165) is 22.8 Å². The first-order chi connectivity index (χ1) is 14.5. The van der Waals surface area contributed by atoms with Crippen molar-refractivity contribution in [3.63, 3.8) is 0 Å². The number of alkyl halides is 3. The third kappa shape index (κ3) is 4.05. The molecule has 0 saturated carbocycles. The average molecular weight is 409 g/mol. The molecule has 1 N–H and O–H groups in total. The number of nitrogens with zero attached hydrogens (tertiary/aromatic N) is 2. The van der Waals surface area contributed by atoms with Crippen LogP contribution >= 0.6 is 0 Å². The Hall–Kier alpha value is -3.61. The van der Waals surface area contributed by atoms with Gasteiger partial charge in [0.1, 0.15) is 11.6 Å². The van der Waals surface area contributed by atoms with Crippen LogP contribution in [-0.4, -0.2) is 17.1 Å². The van der Waals surface area contributed by atoms with Crippen molar-refractivity contribution < 1.29 is 17.9 Å². The van der Waals surface area contributed by atoms with E-state index < -0.39 is 11.7 Å². The van der Waals surface area contributed by atoms with Gasteiger partial charge in [-0.3, -0.25) is 0 Å². The first kappa shape index (κ1) is 19.7. The normalized spacial score (nSPS) is 11.5. The topological polar surface area (TPSA) is 47.0 Å². The van der Waals surface area contributed by atoms with Gasteiger partial charge in [0.25, 0.3) is 0 Å². The molecule has 0 radical (unpaired) electrons. The lowest BCUT2D eigenvalue weighted by Crippen LogP contribution is -2.09. The Balaban J connectivity index is 1.75. The maximum Gasteiger partial charge on any atom is 0.417 e. The molecular formula is C23H18F3N3O. The quantitative estimate of drug-likeness (QED) is 0.443. The van der Waals surface area contributed by atoms with Crippen LogP contribution < -0.4 is 10.1 Å². The molecule has 1 heterocycles. The minimum absolute atomic E-state index is 0.0267. The highest BCUT2D eigenvalue weighted by molar-refractivity contribution is 5.90. The molecule has 3 aromatic carbocycles. The Morgan fingerprint density at radius 2 is 1.57 bits per heavy atom. The summed E-state index contributed by atoms with van der Waals surface area (Å²) in [5.41, 5.74) is 0.733. The molecule has 0 aliphatic heterocycles. The van der Waals surface area contributed by atoms with Gasteiger partial charge < -0.3 is 10.1 Å². The number of benzene rings is 3. The van der Waals surface area contributed by atoms with Crippen LogP contribution in [0.15, 0.2) is 72.8 Å². The van der Waals surface area contributed by atoms with Crippen molar-refractivity contribution in [3.8, 4) is 17.1 Å². The molecule has 0 fully saturated rings. The Bertz CT molecular complexity index is 1170. The number of hydrogen-bond acceptors (Lipinski definition) is 4. The lowest BCUT2D eigenvalue weighted by atomic mass is 10.1. The summed E-state index contributed by atoms with van der Waals surface area (Å²) >= 11 is 0. The highest BCUT2D eigenvalue weighted by atomic mass is 19.4. The van der Waals surface area contributed by atoms with Gasteiger partial charge in [-0.05, 0) is 35.9 Å². The summed E-state index contributed by atoms with van der Waals surface area (Å²) in [5, 5.41) is 3.97. The van der Waals surface area contributed by atoms with E-state index in [4.69, 9.17) is 4.74 Å². The minimum atomic E-state index is -4.50. The van der Waals surface area contributed by atoms with Crippen LogP contribution in [-0.2, 0) is 12.7 Å². The zero-order chi connectivity index (χ0) is 21.1. The number of halogens is 3. The SMILES string of the molecule is COc1ccc(CNc2nc(-c3ccccc3C(F)(F)F)nc3ccccc23)cc1. The second-order valence-corrected chi connectivity index (χ2v) is 6.66. The second kappa shape index (κ2) is 8.02. The summed E-state index contributed by atoms with van der Waals surface area (Å²) in [6.45, 7) is 0.450. The Morgan fingerprint density at radius 3 is 2.30 bits per heavy atom. The van der Waals surface area contributed by atoms with Gasteiger partial charge in [0.15, 0.2) is 5.82 Å². The predicted octanol–water partition coefficient (Wildman–Crippen LogP) is 5.94. The van der Waals surface area contributed by atoms with E-state index in [2.05, 4.69) is 15.3 Å². The summed E-state index contributed by atoms with van der Waals surface area (Å²) in [4.78, 5) is 8.84. The Labute approximate surface area is 171 Å². The van der Waals surface area contributed by atoms with Crippen molar-refractivity contribution in [1.29, 1.82) is 0 Å². The molecule has 0 unspecified atom stereocenters. The number of anilines is 1. The molecule has 7 heteroatoms. The molecule has 4 aromatic rings. The van der Waals surface area contributed by atoms with Crippen molar-refractivity contribution >= 4 is 16.7 Å².